The van der Waals surface area contributed by atoms with Crippen molar-refractivity contribution in [2.24, 2.45) is 7.05 Å². The molecule has 154 valence electrons. The molecule has 2 unspecified atom stereocenters. The Morgan fingerprint density at radius 2 is 2.11 bits per heavy atom. The molecule has 2 fully saturated rings. The van der Waals surface area contributed by atoms with Gasteiger partial charge in [0.15, 0.2) is 6.04 Å². The van der Waals surface area contributed by atoms with Crippen molar-refractivity contribution in [2.45, 2.75) is 24.6 Å². The fourth-order valence-corrected chi connectivity index (χ4v) is 4.25. The monoisotopic (exact) mass is 416 g/mol. The van der Waals surface area contributed by atoms with E-state index in [9.17, 15) is 18.0 Å². The van der Waals surface area contributed by atoms with Gasteiger partial charge >= 0.3 is 16.4 Å². The summed E-state index contributed by atoms with van der Waals surface area (Å²) in [6.45, 7) is 1.52. The van der Waals surface area contributed by atoms with Gasteiger partial charge in [-0.25, -0.2) is 10.3 Å². The second kappa shape index (κ2) is 6.66. The first-order chi connectivity index (χ1) is 13.2. The van der Waals surface area contributed by atoms with E-state index in [1.165, 1.54) is 10.9 Å². The summed E-state index contributed by atoms with van der Waals surface area (Å²) in [5, 5.41) is 4.65. The fourth-order valence-electron chi connectivity index (χ4n) is 3.88. The SMILES string of the molecule is CN1CCC(ONC(=O)[C@@H]2c3c(cnn3C)C3CN2C(=O)N3OS(=O)(=O)O)C1. The minimum absolute atomic E-state index is 0.00268. The van der Waals surface area contributed by atoms with Crippen molar-refractivity contribution in [3.05, 3.63) is 17.5 Å². The number of aryl methyl sites for hydroxylation is 1. The molecule has 4 heterocycles. The number of fused-ring (bicyclic) bond motifs is 4. The van der Waals surface area contributed by atoms with E-state index in [-0.39, 0.29) is 12.6 Å². The van der Waals surface area contributed by atoms with Crippen LogP contribution in [0.5, 0.6) is 0 Å². The summed E-state index contributed by atoms with van der Waals surface area (Å²) in [4.78, 5) is 34.2. The van der Waals surface area contributed by atoms with Gasteiger partial charge < -0.3 is 9.80 Å². The third-order valence-corrected chi connectivity index (χ3v) is 5.48. The molecule has 14 heteroatoms. The van der Waals surface area contributed by atoms with Gasteiger partial charge in [0.25, 0.3) is 5.91 Å². The van der Waals surface area contributed by atoms with E-state index in [1.54, 1.807) is 7.05 Å². The van der Waals surface area contributed by atoms with Crippen LogP contribution in [-0.2, 0) is 31.4 Å². The molecule has 28 heavy (non-hydrogen) atoms. The van der Waals surface area contributed by atoms with Crippen LogP contribution in [0.25, 0.3) is 0 Å². The van der Waals surface area contributed by atoms with Crippen molar-refractivity contribution in [2.75, 3.05) is 26.7 Å². The molecule has 0 saturated carbocycles. The standard InChI is InChI=1S/C14H20N6O7S/c1-17-4-3-8(6-17)26-16-13(21)12-11-9(5-15-18(11)2)10-7-19(12)14(22)20(10)27-28(23,24)25/h5,8,10,12H,3-4,6-7H2,1-2H3,(H,16,21)(H,23,24,25)/t8?,10?,12-/m0/s1. The second-order valence-electron chi connectivity index (χ2n) is 7.05. The zero-order chi connectivity index (χ0) is 20.2. The second-order valence-corrected chi connectivity index (χ2v) is 8.05. The molecule has 1 aromatic rings. The van der Waals surface area contributed by atoms with Gasteiger partial charge in [-0.1, -0.05) is 0 Å². The Bertz CT molecular complexity index is 917. The summed E-state index contributed by atoms with van der Waals surface area (Å²) in [6.07, 6.45) is 2.03. The molecule has 2 bridgehead atoms. The first-order valence-electron chi connectivity index (χ1n) is 8.58. The number of likely N-dealkylation sites (N-methyl/N-ethyl adjacent to an activating group) is 1. The van der Waals surface area contributed by atoms with Crippen LogP contribution < -0.4 is 5.48 Å². The Hall–Kier alpha value is -2.26. The predicted molar refractivity (Wildman–Crippen MR) is 90.4 cm³/mol. The van der Waals surface area contributed by atoms with Crippen molar-refractivity contribution < 1.29 is 31.7 Å². The van der Waals surface area contributed by atoms with Gasteiger partial charge in [-0.2, -0.15) is 18.6 Å². The largest absolute Gasteiger partial charge is 0.418 e. The number of carbonyl (C=O) groups excluding carboxylic acids is 2. The van der Waals surface area contributed by atoms with E-state index in [0.29, 0.717) is 22.9 Å². The van der Waals surface area contributed by atoms with Gasteiger partial charge in [0.05, 0.1) is 24.5 Å². The maximum atomic E-state index is 12.9. The molecule has 3 atom stereocenters. The normalized spacial score (nSPS) is 27.4. The fraction of sp³-hybridized carbons (Fsp3) is 0.643. The van der Waals surface area contributed by atoms with Crippen LogP contribution >= 0.6 is 0 Å². The zero-order valence-electron chi connectivity index (χ0n) is 15.2. The molecule has 2 N–H and O–H groups in total. The third kappa shape index (κ3) is 3.22. The molecule has 0 aliphatic carbocycles. The van der Waals surface area contributed by atoms with E-state index in [4.69, 9.17) is 9.39 Å². The average Bonchev–Trinajstić information content (AvgIpc) is 3.27. The Labute approximate surface area is 160 Å². The van der Waals surface area contributed by atoms with E-state index < -0.39 is 34.4 Å². The lowest BCUT2D eigenvalue weighted by molar-refractivity contribution is -0.143. The van der Waals surface area contributed by atoms with Crippen LogP contribution in [0.3, 0.4) is 0 Å². The number of hydrogen-bond donors (Lipinski definition) is 2. The van der Waals surface area contributed by atoms with Gasteiger partial charge in [-0.05, 0) is 13.5 Å². The summed E-state index contributed by atoms with van der Waals surface area (Å²) in [5.41, 5.74) is 3.28. The Kier molecular flexibility index (Phi) is 4.54. The molecule has 3 aliphatic heterocycles. The lowest BCUT2D eigenvalue weighted by Gasteiger charge is -2.30. The van der Waals surface area contributed by atoms with Crippen molar-refractivity contribution in [3.63, 3.8) is 0 Å². The van der Waals surface area contributed by atoms with Gasteiger partial charge in [0, 0.05) is 25.7 Å². The topological polar surface area (TPSA) is 147 Å². The van der Waals surface area contributed by atoms with E-state index in [2.05, 4.69) is 19.8 Å². The molecule has 13 nitrogen and oxygen atoms in total. The van der Waals surface area contributed by atoms with Gasteiger partial charge in [-0.3, -0.25) is 18.9 Å². The molecular weight excluding hydrogens is 396 g/mol. The number of likely N-dealkylation sites (tertiary alicyclic amines) is 1. The molecule has 0 radical (unpaired) electrons. The summed E-state index contributed by atoms with van der Waals surface area (Å²) >= 11 is 0. The van der Waals surface area contributed by atoms with Crippen LogP contribution in [0.15, 0.2) is 6.20 Å². The lowest BCUT2D eigenvalue weighted by Crippen LogP contribution is -2.45. The molecule has 0 aromatic carbocycles. The van der Waals surface area contributed by atoms with E-state index in [0.717, 1.165) is 17.9 Å². The maximum Gasteiger partial charge on any atom is 0.418 e. The molecule has 3 amide bonds. The smallest absolute Gasteiger partial charge is 0.304 e. The molecular formula is C14H20N6O7S. The number of hydroxylamine groups is 3. The van der Waals surface area contributed by atoms with Gasteiger partial charge in [0.1, 0.15) is 6.04 Å². The van der Waals surface area contributed by atoms with Crippen LogP contribution in [0.1, 0.15) is 29.8 Å². The summed E-state index contributed by atoms with van der Waals surface area (Å²) in [7, 11) is -1.36. The maximum absolute atomic E-state index is 12.9. The van der Waals surface area contributed by atoms with E-state index >= 15 is 0 Å². The number of hydrogen-bond acceptors (Lipinski definition) is 8. The number of amides is 3. The Balaban J connectivity index is 1.59. The average molecular weight is 416 g/mol. The van der Waals surface area contributed by atoms with Crippen molar-refractivity contribution in [1.82, 2.24) is 30.1 Å². The Morgan fingerprint density at radius 1 is 1.36 bits per heavy atom. The number of carbonyl (C=O) groups is 2. The molecule has 2 saturated heterocycles. The predicted octanol–water partition coefficient (Wildman–Crippen LogP) is -1.26. The highest BCUT2D eigenvalue weighted by Crippen LogP contribution is 2.44. The number of urea groups is 1. The molecule has 1 aromatic heterocycles. The van der Waals surface area contributed by atoms with Crippen LogP contribution in [0.4, 0.5) is 4.79 Å². The summed E-state index contributed by atoms with van der Waals surface area (Å²) < 4.78 is 37.1. The molecule has 4 rings (SSSR count). The van der Waals surface area contributed by atoms with Crippen LogP contribution in [0.2, 0.25) is 0 Å². The number of rotatable bonds is 5. The minimum atomic E-state index is -4.92. The van der Waals surface area contributed by atoms with Crippen molar-refractivity contribution in [1.29, 1.82) is 0 Å². The van der Waals surface area contributed by atoms with Gasteiger partial charge in [0.2, 0.25) is 0 Å². The zero-order valence-corrected chi connectivity index (χ0v) is 16.0. The van der Waals surface area contributed by atoms with Crippen molar-refractivity contribution in [3.8, 4) is 0 Å². The number of nitrogens with one attached hydrogen (secondary N) is 1. The van der Waals surface area contributed by atoms with Crippen LogP contribution in [0, 0.1) is 0 Å². The number of nitrogens with zero attached hydrogens (tertiary/aromatic N) is 5. The van der Waals surface area contributed by atoms with Crippen LogP contribution in [-0.4, -0.2) is 82.3 Å². The summed E-state index contributed by atoms with van der Waals surface area (Å²) in [5.74, 6) is -0.583. The van der Waals surface area contributed by atoms with E-state index in [1.807, 2.05) is 7.05 Å². The quantitative estimate of drug-likeness (QED) is 0.443. The first-order valence-corrected chi connectivity index (χ1v) is 9.95. The lowest BCUT2D eigenvalue weighted by atomic mass is 9.97. The highest BCUT2D eigenvalue weighted by Gasteiger charge is 2.54. The molecule has 0 spiro atoms. The number of aromatic nitrogens is 2. The third-order valence-electron chi connectivity index (χ3n) is 5.13. The highest BCUT2D eigenvalue weighted by atomic mass is 32.3. The molecule has 3 aliphatic rings. The summed E-state index contributed by atoms with van der Waals surface area (Å²) in [6, 6.07) is -2.77. The minimum Gasteiger partial charge on any atom is -0.304 e. The van der Waals surface area contributed by atoms with Crippen molar-refractivity contribution >= 4 is 22.3 Å². The van der Waals surface area contributed by atoms with Gasteiger partial charge in [-0.15, -0.1) is 4.28 Å². The highest BCUT2D eigenvalue weighted by molar-refractivity contribution is 7.80. The Morgan fingerprint density at radius 3 is 2.75 bits per heavy atom. The first kappa shape index (κ1) is 19.1.